The largest absolute Gasteiger partial charge is 0.493 e. The quantitative estimate of drug-likeness (QED) is 0.456. The number of para-hydroxylation sites is 1. The minimum atomic E-state index is -0.509. The van der Waals surface area contributed by atoms with Gasteiger partial charge in [-0.2, -0.15) is 0 Å². The van der Waals surface area contributed by atoms with Gasteiger partial charge in [-0.25, -0.2) is 4.98 Å². The molecule has 0 aliphatic carbocycles. The second kappa shape index (κ2) is 9.00. The number of benzene rings is 3. The van der Waals surface area contributed by atoms with Crippen LogP contribution >= 0.6 is 0 Å². The molecule has 7 nitrogen and oxygen atoms in total. The van der Waals surface area contributed by atoms with Crippen LogP contribution in [0.1, 0.15) is 26.3 Å². The molecule has 0 bridgehead atoms. The van der Waals surface area contributed by atoms with Crippen molar-refractivity contribution in [3.05, 3.63) is 83.4 Å². The van der Waals surface area contributed by atoms with E-state index in [1.54, 1.807) is 51.5 Å². The zero-order valence-electron chi connectivity index (χ0n) is 18.5. The van der Waals surface area contributed by atoms with Crippen molar-refractivity contribution in [1.29, 1.82) is 0 Å². The number of fused-ring (bicyclic) bond motifs is 1. The highest BCUT2D eigenvalue weighted by Gasteiger charge is 2.16. The predicted molar refractivity (Wildman–Crippen MR) is 128 cm³/mol. The van der Waals surface area contributed by atoms with Crippen molar-refractivity contribution in [2.24, 2.45) is 5.73 Å². The number of hydrogen-bond donors (Lipinski definition) is 2. The highest BCUT2D eigenvalue weighted by molar-refractivity contribution is 6.13. The lowest BCUT2D eigenvalue weighted by atomic mass is 10.0. The fourth-order valence-electron chi connectivity index (χ4n) is 3.72. The van der Waals surface area contributed by atoms with Gasteiger partial charge in [0, 0.05) is 22.2 Å². The number of methoxy groups -OCH3 is 2. The van der Waals surface area contributed by atoms with Crippen molar-refractivity contribution < 1.29 is 19.1 Å². The van der Waals surface area contributed by atoms with E-state index in [1.165, 1.54) is 0 Å². The van der Waals surface area contributed by atoms with Gasteiger partial charge in [0.1, 0.15) is 0 Å². The topological polar surface area (TPSA) is 104 Å². The highest BCUT2D eigenvalue weighted by Crippen LogP contribution is 2.33. The summed E-state index contributed by atoms with van der Waals surface area (Å²) in [6, 6.07) is 19.7. The van der Waals surface area contributed by atoms with E-state index < -0.39 is 5.91 Å². The molecule has 0 atom stereocenters. The number of ether oxygens (including phenoxy) is 2. The molecule has 1 heterocycles. The Morgan fingerprint density at radius 3 is 2.33 bits per heavy atom. The van der Waals surface area contributed by atoms with Crippen LogP contribution in [-0.2, 0) is 0 Å². The smallest absolute Gasteiger partial charge is 0.256 e. The summed E-state index contributed by atoms with van der Waals surface area (Å²) >= 11 is 0. The number of carbonyl (C=O) groups excluding carboxylic acids is 2. The van der Waals surface area contributed by atoms with Gasteiger partial charge in [0.25, 0.3) is 5.91 Å². The lowest BCUT2D eigenvalue weighted by molar-refractivity contribution is 0.0998. The maximum atomic E-state index is 13.3. The number of aromatic nitrogens is 1. The molecule has 0 saturated heterocycles. The molecule has 0 aliphatic heterocycles. The monoisotopic (exact) mass is 441 g/mol. The van der Waals surface area contributed by atoms with Gasteiger partial charge in [0.2, 0.25) is 5.91 Å². The summed E-state index contributed by atoms with van der Waals surface area (Å²) in [6.07, 6.45) is 0. The van der Waals surface area contributed by atoms with E-state index in [4.69, 9.17) is 20.2 Å². The molecule has 0 saturated carbocycles. The van der Waals surface area contributed by atoms with Crippen molar-refractivity contribution in [3.8, 4) is 22.8 Å². The molecule has 4 aromatic rings. The lowest BCUT2D eigenvalue weighted by Crippen LogP contribution is -2.15. The van der Waals surface area contributed by atoms with E-state index in [2.05, 4.69) is 5.32 Å². The molecular weight excluding hydrogens is 418 g/mol. The lowest BCUT2D eigenvalue weighted by Gasteiger charge is -2.13. The molecule has 3 aromatic carbocycles. The molecule has 3 N–H and O–H groups in total. The normalized spacial score (nSPS) is 10.6. The maximum Gasteiger partial charge on any atom is 0.256 e. The van der Waals surface area contributed by atoms with E-state index in [0.717, 1.165) is 10.9 Å². The van der Waals surface area contributed by atoms with Gasteiger partial charge in [-0.15, -0.1) is 0 Å². The van der Waals surface area contributed by atoms with Crippen molar-refractivity contribution in [2.75, 3.05) is 19.5 Å². The highest BCUT2D eigenvalue weighted by atomic mass is 16.5. The second-order valence-corrected chi connectivity index (χ2v) is 7.49. The molecular formula is C26H23N3O4. The van der Waals surface area contributed by atoms with Crippen LogP contribution in [0.25, 0.3) is 22.2 Å². The van der Waals surface area contributed by atoms with Gasteiger partial charge in [-0.1, -0.05) is 18.2 Å². The summed E-state index contributed by atoms with van der Waals surface area (Å²) in [5, 5.41) is 3.64. The first-order valence-electron chi connectivity index (χ1n) is 10.2. The molecule has 166 valence electrons. The molecule has 0 spiro atoms. The van der Waals surface area contributed by atoms with Gasteiger partial charge in [-0.05, 0) is 61.0 Å². The van der Waals surface area contributed by atoms with E-state index in [-0.39, 0.29) is 5.91 Å². The van der Waals surface area contributed by atoms with E-state index in [1.807, 2.05) is 36.4 Å². The van der Waals surface area contributed by atoms with Crippen LogP contribution in [0.3, 0.4) is 0 Å². The first kappa shape index (κ1) is 21.8. The molecule has 1 aromatic heterocycles. The number of primary amides is 1. The van der Waals surface area contributed by atoms with E-state index >= 15 is 0 Å². The fourth-order valence-corrected chi connectivity index (χ4v) is 3.72. The summed E-state index contributed by atoms with van der Waals surface area (Å²) in [4.78, 5) is 29.5. The van der Waals surface area contributed by atoms with Crippen LogP contribution in [0.4, 0.5) is 5.69 Å². The number of rotatable bonds is 6. The van der Waals surface area contributed by atoms with Crippen LogP contribution in [0, 0.1) is 6.92 Å². The number of hydrogen-bond acceptors (Lipinski definition) is 5. The van der Waals surface area contributed by atoms with Gasteiger partial charge >= 0.3 is 0 Å². The zero-order valence-corrected chi connectivity index (χ0v) is 18.5. The summed E-state index contributed by atoms with van der Waals surface area (Å²) in [5.41, 5.74) is 9.62. The SMILES string of the molecule is COc1ccc(-c2cc(C(=O)Nc3ccc(C(N)=O)c(C)c3)c3ccccc3n2)cc1OC. The average molecular weight is 441 g/mol. The minimum absolute atomic E-state index is 0.290. The Kier molecular flexibility index (Phi) is 5.95. The van der Waals surface area contributed by atoms with E-state index in [0.29, 0.717) is 45.1 Å². The van der Waals surface area contributed by atoms with Gasteiger partial charge in [-0.3, -0.25) is 9.59 Å². The van der Waals surface area contributed by atoms with Crippen LogP contribution in [-0.4, -0.2) is 31.0 Å². The molecule has 0 aliphatic rings. The third-order valence-corrected chi connectivity index (χ3v) is 5.39. The molecule has 0 unspecified atom stereocenters. The first-order chi connectivity index (χ1) is 15.9. The Morgan fingerprint density at radius 2 is 1.64 bits per heavy atom. The number of nitrogens with one attached hydrogen (secondary N) is 1. The Balaban J connectivity index is 1.77. The third kappa shape index (κ3) is 4.34. The van der Waals surface area contributed by atoms with Crippen LogP contribution < -0.4 is 20.5 Å². The standard InChI is InChI=1S/C26H23N3O4/c1-15-12-17(9-10-18(15)25(27)30)28-26(31)20-14-22(29-21-7-5-4-6-19(20)21)16-8-11-23(32-2)24(13-16)33-3/h4-14H,1-3H3,(H2,27,30)(H,28,31). The number of nitrogens with two attached hydrogens (primary N) is 1. The third-order valence-electron chi connectivity index (χ3n) is 5.39. The number of carbonyl (C=O) groups is 2. The number of aryl methyl sites for hydroxylation is 1. The summed E-state index contributed by atoms with van der Waals surface area (Å²) < 4.78 is 10.7. The van der Waals surface area contributed by atoms with E-state index in [9.17, 15) is 9.59 Å². The average Bonchev–Trinajstić information content (AvgIpc) is 2.82. The number of amides is 2. The van der Waals surface area contributed by atoms with Crippen LogP contribution in [0.2, 0.25) is 0 Å². The van der Waals surface area contributed by atoms with Crippen molar-refractivity contribution in [1.82, 2.24) is 4.98 Å². The van der Waals surface area contributed by atoms with Gasteiger partial charge < -0.3 is 20.5 Å². The first-order valence-corrected chi connectivity index (χ1v) is 10.2. The Hall–Kier alpha value is -4.39. The second-order valence-electron chi connectivity index (χ2n) is 7.49. The van der Waals surface area contributed by atoms with Crippen LogP contribution in [0.5, 0.6) is 11.5 Å². The minimum Gasteiger partial charge on any atom is -0.493 e. The summed E-state index contributed by atoms with van der Waals surface area (Å²) in [6.45, 7) is 1.77. The number of nitrogens with zero attached hydrogens (tertiary/aromatic N) is 1. The predicted octanol–water partition coefficient (Wildman–Crippen LogP) is 4.58. The molecule has 33 heavy (non-hydrogen) atoms. The van der Waals surface area contributed by atoms with Gasteiger partial charge in [0.05, 0.1) is 31.0 Å². The Morgan fingerprint density at radius 1 is 0.879 bits per heavy atom. The van der Waals surface area contributed by atoms with Crippen molar-refractivity contribution in [3.63, 3.8) is 0 Å². The molecule has 0 radical (unpaired) electrons. The Labute approximate surface area is 191 Å². The summed E-state index contributed by atoms with van der Waals surface area (Å²) in [7, 11) is 3.14. The molecule has 2 amide bonds. The van der Waals surface area contributed by atoms with Crippen molar-refractivity contribution >= 4 is 28.4 Å². The Bertz CT molecular complexity index is 1380. The number of anilines is 1. The van der Waals surface area contributed by atoms with Crippen molar-refractivity contribution in [2.45, 2.75) is 6.92 Å². The molecule has 4 rings (SSSR count). The fraction of sp³-hybridized carbons (Fsp3) is 0.115. The van der Waals surface area contributed by atoms with Gasteiger partial charge in [0.15, 0.2) is 11.5 Å². The summed E-state index contributed by atoms with van der Waals surface area (Å²) in [5.74, 6) is 0.377. The maximum absolute atomic E-state index is 13.3. The number of pyridine rings is 1. The van der Waals surface area contributed by atoms with Crippen LogP contribution in [0.15, 0.2) is 66.7 Å². The molecule has 7 heteroatoms. The molecule has 0 fully saturated rings. The zero-order chi connectivity index (χ0) is 23.5.